The van der Waals surface area contributed by atoms with E-state index in [-0.39, 0.29) is 24.0 Å². The maximum Gasteiger partial charge on any atom is 0.264 e. The van der Waals surface area contributed by atoms with Crippen LogP contribution in [0.3, 0.4) is 0 Å². The Morgan fingerprint density at radius 1 is 0.879 bits per heavy atom. The molecule has 8 nitrogen and oxygen atoms in total. The number of carbonyl (C=O) groups excluding carboxylic acids is 2. The molecule has 9 heteroatoms. The molecular weight excluding hydrogens is 442 g/mol. The van der Waals surface area contributed by atoms with Gasteiger partial charge in [0.2, 0.25) is 5.91 Å². The van der Waals surface area contributed by atoms with Gasteiger partial charge in [-0.15, -0.1) is 0 Å². The molecule has 0 bridgehead atoms. The number of sulfonamides is 1. The molecule has 2 N–H and O–H groups in total. The van der Waals surface area contributed by atoms with E-state index in [0.29, 0.717) is 22.6 Å². The Hall–Kier alpha value is -3.69. The van der Waals surface area contributed by atoms with Gasteiger partial charge in [0.25, 0.3) is 15.9 Å². The molecule has 0 heterocycles. The van der Waals surface area contributed by atoms with Crippen molar-refractivity contribution in [3.05, 3.63) is 84.4 Å². The minimum atomic E-state index is -3.78. The summed E-state index contributed by atoms with van der Waals surface area (Å²) in [6.07, 6.45) is 0. The van der Waals surface area contributed by atoms with Crippen molar-refractivity contribution in [1.82, 2.24) is 0 Å². The number of carbonyl (C=O) groups is 2. The number of hydrogen-bond donors (Lipinski definition) is 2. The number of benzene rings is 3. The van der Waals surface area contributed by atoms with E-state index in [1.165, 1.54) is 35.7 Å². The third-order valence-electron chi connectivity index (χ3n) is 4.72. The third kappa shape index (κ3) is 5.97. The molecule has 0 atom stereocenters. The van der Waals surface area contributed by atoms with Crippen molar-refractivity contribution in [2.75, 3.05) is 35.2 Å². The van der Waals surface area contributed by atoms with E-state index < -0.39 is 15.9 Å². The number of rotatable bonds is 9. The van der Waals surface area contributed by atoms with Crippen molar-refractivity contribution in [1.29, 1.82) is 0 Å². The first-order valence-corrected chi connectivity index (χ1v) is 11.7. The molecule has 172 valence electrons. The van der Waals surface area contributed by atoms with Crippen molar-refractivity contribution in [2.45, 2.75) is 11.8 Å². The Balaban J connectivity index is 1.73. The number of hydrogen-bond acceptors (Lipinski definition) is 5. The van der Waals surface area contributed by atoms with Crippen LogP contribution in [0.5, 0.6) is 0 Å². The Bertz CT molecular complexity index is 1210. The van der Waals surface area contributed by atoms with Gasteiger partial charge in [-0.2, -0.15) is 0 Å². The van der Waals surface area contributed by atoms with Crippen LogP contribution in [0.25, 0.3) is 0 Å². The molecule has 0 saturated carbocycles. The zero-order valence-corrected chi connectivity index (χ0v) is 19.1. The summed E-state index contributed by atoms with van der Waals surface area (Å²) >= 11 is 0. The fourth-order valence-corrected chi connectivity index (χ4v) is 4.67. The van der Waals surface area contributed by atoms with Crippen LogP contribution in [0.2, 0.25) is 0 Å². The highest BCUT2D eigenvalue weighted by molar-refractivity contribution is 7.92. The molecule has 0 fully saturated rings. The fraction of sp³-hybridized carbons (Fsp3) is 0.167. The first-order chi connectivity index (χ1) is 15.8. The number of amides is 2. The highest BCUT2D eigenvalue weighted by Crippen LogP contribution is 2.24. The van der Waals surface area contributed by atoms with E-state index in [0.717, 1.165) is 0 Å². The smallest absolute Gasteiger partial charge is 0.264 e. The first kappa shape index (κ1) is 24.0. The predicted molar refractivity (Wildman–Crippen MR) is 128 cm³/mol. The van der Waals surface area contributed by atoms with E-state index >= 15 is 0 Å². The molecule has 2 amide bonds. The largest absolute Gasteiger partial charge is 0.375 e. The fourth-order valence-electron chi connectivity index (χ4n) is 3.20. The van der Waals surface area contributed by atoms with Gasteiger partial charge in [-0.3, -0.25) is 13.9 Å². The lowest BCUT2D eigenvalue weighted by atomic mass is 10.2. The predicted octanol–water partition coefficient (Wildman–Crippen LogP) is 3.74. The van der Waals surface area contributed by atoms with Crippen LogP contribution in [0.1, 0.15) is 17.3 Å². The van der Waals surface area contributed by atoms with Crippen LogP contribution in [-0.2, 0) is 19.6 Å². The number of methoxy groups -OCH3 is 1. The summed E-state index contributed by atoms with van der Waals surface area (Å²) in [5.74, 6) is -0.718. The van der Waals surface area contributed by atoms with Crippen LogP contribution in [0, 0.1) is 0 Å². The molecule has 3 aromatic rings. The quantitative estimate of drug-likeness (QED) is 0.499. The Kier molecular flexibility index (Phi) is 7.81. The van der Waals surface area contributed by atoms with Crippen molar-refractivity contribution in [3.63, 3.8) is 0 Å². The number of nitrogens with zero attached hydrogens (tertiary/aromatic N) is 1. The second-order valence-electron chi connectivity index (χ2n) is 7.05. The monoisotopic (exact) mass is 467 g/mol. The lowest BCUT2D eigenvalue weighted by Crippen LogP contribution is -2.30. The van der Waals surface area contributed by atoms with Crippen LogP contribution in [0.15, 0.2) is 83.8 Å². The summed E-state index contributed by atoms with van der Waals surface area (Å²) in [4.78, 5) is 24.4. The molecule has 0 radical (unpaired) electrons. The second kappa shape index (κ2) is 10.8. The SMILES string of the molecule is CCN(c1ccccc1)S(=O)(=O)c1ccc(C(=O)Nc2cccc(NC(=O)COC)c2)cc1. The average Bonchev–Trinajstić information content (AvgIpc) is 2.80. The molecule has 0 aromatic heterocycles. The van der Waals surface area contributed by atoms with Gasteiger partial charge in [-0.1, -0.05) is 24.3 Å². The second-order valence-corrected chi connectivity index (χ2v) is 8.91. The molecular formula is C24H25N3O5S. The van der Waals surface area contributed by atoms with E-state index in [2.05, 4.69) is 10.6 Å². The normalized spacial score (nSPS) is 11.0. The maximum atomic E-state index is 13.1. The minimum Gasteiger partial charge on any atom is -0.375 e. The van der Waals surface area contributed by atoms with Crippen molar-refractivity contribution < 1.29 is 22.7 Å². The number of ether oxygens (including phenoxy) is 1. The molecule has 0 aliphatic rings. The van der Waals surface area contributed by atoms with Crippen LogP contribution in [-0.4, -0.2) is 40.5 Å². The highest BCUT2D eigenvalue weighted by atomic mass is 32.2. The van der Waals surface area contributed by atoms with Crippen LogP contribution < -0.4 is 14.9 Å². The molecule has 33 heavy (non-hydrogen) atoms. The van der Waals surface area contributed by atoms with Gasteiger partial charge in [0.15, 0.2) is 0 Å². The topological polar surface area (TPSA) is 105 Å². The van der Waals surface area contributed by atoms with Crippen LogP contribution >= 0.6 is 0 Å². The molecule has 3 aromatic carbocycles. The van der Waals surface area contributed by atoms with Gasteiger partial charge in [0.1, 0.15) is 6.61 Å². The molecule has 3 rings (SSSR count). The van der Waals surface area contributed by atoms with Gasteiger partial charge in [-0.25, -0.2) is 8.42 Å². The summed E-state index contributed by atoms with van der Waals surface area (Å²) in [6.45, 7) is 1.95. The zero-order valence-electron chi connectivity index (χ0n) is 18.3. The molecule has 0 saturated heterocycles. The van der Waals surface area contributed by atoms with E-state index in [1.54, 1.807) is 55.5 Å². The van der Waals surface area contributed by atoms with Gasteiger partial charge in [0.05, 0.1) is 10.6 Å². The Labute approximate surface area is 193 Å². The number of anilines is 3. The molecule has 0 aliphatic heterocycles. The van der Waals surface area contributed by atoms with E-state index in [4.69, 9.17) is 4.74 Å². The van der Waals surface area contributed by atoms with Crippen molar-refractivity contribution in [2.24, 2.45) is 0 Å². The van der Waals surface area contributed by atoms with Gasteiger partial charge in [-0.05, 0) is 61.5 Å². The average molecular weight is 468 g/mol. The van der Waals surface area contributed by atoms with Gasteiger partial charge >= 0.3 is 0 Å². The summed E-state index contributed by atoms with van der Waals surface area (Å²) in [5.41, 5.74) is 1.86. The van der Waals surface area contributed by atoms with Gasteiger partial charge < -0.3 is 15.4 Å². The van der Waals surface area contributed by atoms with Crippen molar-refractivity contribution >= 4 is 38.9 Å². The van der Waals surface area contributed by atoms with Gasteiger partial charge in [0, 0.05) is 30.6 Å². The molecule has 0 spiro atoms. The first-order valence-electron chi connectivity index (χ1n) is 10.2. The number of para-hydroxylation sites is 1. The Morgan fingerprint density at radius 2 is 1.52 bits per heavy atom. The minimum absolute atomic E-state index is 0.0778. The number of nitrogens with one attached hydrogen (secondary N) is 2. The zero-order chi connectivity index (χ0) is 23.8. The highest BCUT2D eigenvalue weighted by Gasteiger charge is 2.23. The summed E-state index contributed by atoms with van der Waals surface area (Å²) in [6, 6.07) is 21.3. The summed E-state index contributed by atoms with van der Waals surface area (Å²) < 4.78 is 32.3. The van der Waals surface area contributed by atoms with E-state index in [1.807, 2.05) is 6.07 Å². The molecule has 0 aliphatic carbocycles. The third-order valence-corrected chi connectivity index (χ3v) is 6.63. The lowest BCUT2D eigenvalue weighted by molar-refractivity contribution is -0.119. The summed E-state index contributed by atoms with van der Waals surface area (Å²) in [7, 11) is -2.35. The standard InChI is InChI=1S/C24H25N3O5S/c1-3-27(21-10-5-4-6-11-21)33(30,31)22-14-12-18(13-15-22)24(29)26-20-9-7-8-19(16-20)25-23(28)17-32-2/h4-16H,3,17H2,1-2H3,(H,25,28)(H,26,29). The van der Waals surface area contributed by atoms with Crippen molar-refractivity contribution in [3.8, 4) is 0 Å². The van der Waals surface area contributed by atoms with E-state index in [9.17, 15) is 18.0 Å². The maximum absolute atomic E-state index is 13.1. The summed E-state index contributed by atoms with van der Waals surface area (Å²) in [5, 5.41) is 5.40. The molecule has 0 unspecified atom stereocenters. The van der Waals surface area contributed by atoms with Crippen LogP contribution in [0.4, 0.5) is 17.1 Å². The lowest BCUT2D eigenvalue weighted by Gasteiger charge is -2.23. The Morgan fingerprint density at radius 3 is 2.12 bits per heavy atom.